The molecule has 0 aliphatic heterocycles. The standard InChI is InChI=1S/C47H61NO5/c1-32(2)39-22-19-34(4)27-43(39)53-45(51)48(30-35-14-8-6-9-15-35)31-47(52)26-24-42-40-23-20-36(29-41(40)44(50)37-16-10-7-11-17-37)28-38(49)21-18-33(3)13-12-25-46(42,47)5/h6-11,13-17,20,23,29,32,34,38-39,42-43,49,52H,12,18-19,21-22,24-28,30-31H2,1-5H3. The average molecular weight is 720 g/mol. The first-order valence-corrected chi connectivity index (χ1v) is 20.1. The minimum atomic E-state index is -1.25. The number of carbonyl (C=O) groups excluding carboxylic acids is 2. The quantitative estimate of drug-likeness (QED) is 0.179. The molecular formula is C47H61NO5. The van der Waals surface area contributed by atoms with Crippen LogP contribution in [0.25, 0.3) is 0 Å². The van der Waals surface area contributed by atoms with Crippen molar-refractivity contribution in [2.45, 2.75) is 129 Å². The molecule has 2 saturated carbocycles. The van der Waals surface area contributed by atoms with E-state index in [1.165, 1.54) is 5.57 Å². The maximum absolute atomic E-state index is 14.4. The van der Waals surface area contributed by atoms with Crippen LogP contribution in [0.15, 0.2) is 90.5 Å². The first-order chi connectivity index (χ1) is 25.4. The molecule has 2 bridgehead atoms. The highest BCUT2D eigenvalue weighted by molar-refractivity contribution is 6.10. The van der Waals surface area contributed by atoms with Gasteiger partial charge >= 0.3 is 6.09 Å². The summed E-state index contributed by atoms with van der Waals surface area (Å²) in [6.45, 7) is 11.5. The summed E-state index contributed by atoms with van der Waals surface area (Å²) in [5.74, 6) is 1.03. The van der Waals surface area contributed by atoms with E-state index in [0.29, 0.717) is 67.5 Å². The number of ketones is 1. The number of carbonyl (C=O) groups is 2. The number of aliphatic hydroxyl groups excluding tert-OH is 1. The Kier molecular flexibility index (Phi) is 12.3. The molecule has 4 aliphatic carbocycles. The minimum absolute atomic E-state index is 0.0479. The van der Waals surface area contributed by atoms with Crippen molar-refractivity contribution < 1.29 is 24.5 Å². The van der Waals surface area contributed by atoms with E-state index >= 15 is 0 Å². The summed E-state index contributed by atoms with van der Waals surface area (Å²) in [6, 6.07) is 25.5. The molecule has 0 heterocycles. The largest absolute Gasteiger partial charge is 0.446 e. The molecule has 2 N–H and O–H groups in total. The summed E-state index contributed by atoms with van der Waals surface area (Å²) >= 11 is 0. The van der Waals surface area contributed by atoms with E-state index in [1.807, 2.05) is 66.7 Å². The van der Waals surface area contributed by atoms with Crippen molar-refractivity contribution in [3.63, 3.8) is 0 Å². The Hall–Kier alpha value is -3.74. The monoisotopic (exact) mass is 719 g/mol. The smallest absolute Gasteiger partial charge is 0.410 e. The first kappa shape index (κ1) is 39.0. The van der Waals surface area contributed by atoms with Gasteiger partial charge in [0, 0.05) is 23.1 Å². The zero-order chi connectivity index (χ0) is 37.8. The third kappa shape index (κ3) is 8.81. The van der Waals surface area contributed by atoms with E-state index in [1.54, 1.807) is 4.90 Å². The molecular weight excluding hydrogens is 659 g/mol. The topological polar surface area (TPSA) is 87.1 Å². The summed E-state index contributed by atoms with van der Waals surface area (Å²) in [4.78, 5) is 30.5. The van der Waals surface area contributed by atoms with Gasteiger partial charge in [0.15, 0.2) is 5.78 Å². The first-order valence-electron chi connectivity index (χ1n) is 20.1. The lowest BCUT2D eigenvalue weighted by atomic mass is 9.64. The molecule has 7 atom stereocenters. The predicted molar refractivity (Wildman–Crippen MR) is 212 cm³/mol. The molecule has 3 aromatic rings. The molecule has 7 unspecified atom stereocenters. The van der Waals surface area contributed by atoms with Crippen LogP contribution in [0.4, 0.5) is 4.79 Å². The van der Waals surface area contributed by atoms with Crippen molar-refractivity contribution in [2.75, 3.05) is 6.54 Å². The molecule has 0 radical (unpaired) electrons. The summed E-state index contributed by atoms with van der Waals surface area (Å²) in [5, 5.41) is 24.1. The van der Waals surface area contributed by atoms with Crippen LogP contribution in [0.5, 0.6) is 0 Å². The van der Waals surface area contributed by atoms with Crippen molar-refractivity contribution in [1.29, 1.82) is 0 Å². The predicted octanol–water partition coefficient (Wildman–Crippen LogP) is 10.1. The molecule has 0 spiro atoms. The molecule has 0 saturated heterocycles. The second kappa shape index (κ2) is 16.7. The molecule has 7 rings (SSSR count). The number of fused-ring (bicyclic) bond motifs is 8. The summed E-state index contributed by atoms with van der Waals surface area (Å²) in [6.07, 6.45) is 8.78. The van der Waals surface area contributed by atoms with Gasteiger partial charge in [0.1, 0.15) is 6.10 Å². The Morgan fingerprint density at radius 2 is 1.66 bits per heavy atom. The molecule has 53 heavy (non-hydrogen) atoms. The van der Waals surface area contributed by atoms with Crippen LogP contribution in [0.2, 0.25) is 0 Å². The molecule has 6 nitrogen and oxygen atoms in total. The SMILES string of the molecule is CC1=CCCC2(C)C(CCC2(O)CN(Cc2ccccc2)C(=O)OC2CC(C)CCC2C(C)C)c2ccc(cc2C(=O)c2ccccc2)CC(O)CC1. The van der Waals surface area contributed by atoms with Crippen molar-refractivity contribution >= 4 is 11.9 Å². The van der Waals surface area contributed by atoms with Crippen LogP contribution in [0.3, 0.4) is 0 Å². The second-order valence-electron chi connectivity index (χ2n) is 17.2. The van der Waals surface area contributed by atoms with Gasteiger partial charge < -0.3 is 19.8 Å². The zero-order valence-electron chi connectivity index (χ0n) is 32.6. The minimum Gasteiger partial charge on any atom is -0.446 e. The lowest BCUT2D eigenvalue weighted by Crippen LogP contribution is -2.54. The number of amides is 1. The molecule has 4 aliphatic rings. The molecule has 6 heteroatoms. The van der Waals surface area contributed by atoms with E-state index in [9.17, 15) is 19.8 Å². The van der Waals surface area contributed by atoms with Gasteiger partial charge in [-0.2, -0.15) is 0 Å². The summed E-state index contributed by atoms with van der Waals surface area (Å²) in [5.41, 5.74) is 3.42. The Balaban J connectivity index is 1.39. The lowest BCUT2D eigenvalue weighted by molar-refractivity contribution is -0.0876. The third-order valence-corrected chi connectivity index (χ3v) is 13.1. The van der Waals surface area contributed by atoms with E-state index in [-0.39, 0.29) is 30.4 Å². The van der Waals surface area contributed by atoms with Gasteiger partial charge in [-0.25, -0.2) is 4.79 Å². The van der Waals surface area contributed by atoms with Crippen LogP contribution < -0.4 is 0 Å². The summed E-state index contributed by atoms with van der Waals surface area (Å²) in [7, 11) is 0. The number of aliphatic hydroxyl groups is 2. The van der Waals surface area contributed by atoms with E-state index in [2.05, 4.69) is 52.8 Å². The second-order valence-corrected chi connectivity index (χ2v) is 17.2. The Bertz CT molecular complexity index is 1740. The highest BCUT2D eigenvalue weighted by atomic mass is 16.6. The average Bonchev–Trinajstić information content (AvgIpc) is 3.39. The normalized spacial score (nSPS) is 29.2. The number of hydrogen-bond acceptors (Lipinski definition) is 5. The van der Waals surface area contributed by atoms with Gasteiger partial charge in [-0.1, -0.05) is 119 Å². The number of rotatable bonds is 8. The molecule has 1 amide bonds. The fourth-order valence-electron chi connectivity index (χ4n) is 9.70. The van der Waals surface area contributed by atoms with Gasteiger partial charge in [-0.05, 0) is 111 Å². The van der Waals surface area contributed by atoms with Crippen LogP contribution in [-0.2, 0) is 17.7 Å². The van der Waals surface area contributed by atoms with Crippen LogP contribution in [0.1, 0.15) is 131 Å². The van der Waals surface area contributed by atoms with Gasteiger partial charge in [-0.3, -0.25) is 4.79 Å². The molecule has 0 aromatic heterocycles. The van der Waals surface area contributed by atoms with E-state index in [0.717, 1.165) is 48.8 Å². The fourth-order valence-corrected chi connectivity index (χ4v) is 9.70. The lowest BCUT2D eigenvalue weighted by Gasteiger charge is -2.46. The van der Waals surface area contributed by atoms with Crippen LogP contribution >= 0.6 is 0 Å². The van der Waals surface area contributed by atoms with Gasteiger partial charge in [0.2, 0.25) is 0 Å². The number of benzene rings is 3. The highest BCUT2D eigenvalue weighted by Crippen LogP contribution is 2.59. The number of ether oxygens (including phenoxy) is 1. The van der Waals surface area contributed by atoms with E-state index < -0.39 is 17.1 Å². The Morgan fingerprint density at radius 1 is 0.943 bits per heavy atom. The van der Waals surface area contributed by atoms with Gasteiger partial charge in [0.05, 0.1) is 18.2 Å². The molecule has 2 fully saturated rings. The Morgan fingerprint density at radius 3 is 2.38 bits per heavy atom. The number of nitrogens with zero attached hydrogens (tertiary/aromatic N) is 1. The summed E-state index contributed by atoms with van der Waals surface area (Å²) < 4.78 is 6.47. The van der Waals surface area contributed by atoms with Gasteiger partial charge in [0.25, 0.3) is 0 Å². The number of allylic oxidation sites excluding steroid dienone is 2. The van der Waals surface area contributed by atoms with Gasteiger partial charge in [-0.15, -0.1) is 0 Å². The zero-order valence-corrected chi connectivity index (χ0v) is 32.6. The Labute approximate surface area is 317 Å². The molecule has 284 valence electrons. The third-order valence-electron chi connectivity index (χ3n) is 13.1. The highest BCUT2D eigenvalue weighted by Gasteiger charge is 2.58. The maximum atomic E-state index is 14.4. The van der Waals surface area contributed by atoms with Crippen molar-refractivity contribution in [1.82, 2.24) is 4.90 Å². The van der Waals surface area contributed by atoms with Crippen LogP contribution in [-0.4, -0.2) is 51.3 Å². The van der Waals surface area contributed by atoms with Crippen molar-refractivity contribution in [3.05, 3.63) is 118 Å². The molecule has 3 aromatic carbocycles. The fraction of sp³-hybridized carbons (Fsp3) is 0.532. The van der Waals surface area contributed by atoms with Crippen molar-refractivity contribution in [2.24, 2.45) is 23.2 Å². The maximum Gasteiger partial charge on any atom is 0.410 e. The van der Waals surface area contributed by atoms with Crippen molar-refractivity contribution in [3.8, 4) is 0 Å². The van der Waals surface area contributed by atoms with Crippen LogP contribution in [0, 0.1) is 23.2 Å². The number of hydrogen-bond donors (Lipinski definition) is 2. The van der Waals surface area contributed by atoms with E-state index in [4.69, 9.17) is 4.74 Å².